The molecule has 1 aliphatic carbocycles. The Hall–Kier alpha value is -4.41. The van der Waals surface area contributed by atoms with Gasteiger partial charge in [-0.1, -0.05) is 31.0 Å². The Bertz CT molecular complexity index is 1660. The molecule has 6 rings (SSSR count). The number of aliphatic hydroxyl groups is 1. The number of amides is 2. The number of aromatic amines is 1. The summed E-state index contributed by atoms with van der Waals surface area (Å²) < 4.78 is 12.1. The van der Waals surface area contributed by atoms with Crippen LogP contribution in [0.3, 0.4) is 0 Å². The largest absolute Gasteiger partial charge is 0.490 e. The maximum absolute atomic E-state index is 12.9. The lowest BCUT2D eigenvalue weighted by atomic mass is 9.79. The maximum atomic E-state index is 12.9. The Morgan fingerprint density at radius 2 is 1.91 bits per heavy atom. The number of aromatic nitrogens is 2. The number of nitrogens with zero attached hydrogens (tertiary/aromatic N) is 1. The number of H-pyrrole nitrogens is 1. The van der Waals surface area contributed by atoms with Crippen molar-refractivity contribution in [2.24, 2.45) is 5.73 Å². The van der Waals surface area contributed by atoms with E-state index in [0.29, 0.717) is 35.9 Å². The van der Waals surface area contributed by atoms with E-state index in [-0.39, 0.29) is 18.1 Å². The third-order valence-corrected chi connectivity index (χ3v) is 8.52. The predicted molar refractivity (Wildman–Crippen MR) is 164 cm³/mol. The van der Waals surface area contributed by atoms with Gasteiger partial charge in [-0.05, 0) is 62.9 Å². The summed E-state index contributed by atoms with van der Waals surface area (Å²) in [4.78, 5) is 31.7. The molecule has 224 valence electrons. The minimum atomic E-state index is -0.740. The van der Waals surface area contributed by atoms with E-state index in [1.807, 2.05) is 42.6 Å². The van der Waals surface area contributed by atoms with Crippen molar-refractivity contribution in [2.45, 2.75) is 63.0 Å². The molecule has 1 spiro atoms. The van der Waals surface area contributed by atoms with Crippen molar-refractivity contribution in [3.05, 3.63) is 77.6 Å². The zero-order valence-electron chi connectivity index (χ0n) is 24.4. The van der Waals surface area contributed by atoms with Gasteiger partial charge in [0.25, 0.3) is 0 Å². The maximum Gasteiger partial charge on any atom is 0.250 e. The molecular weight excluding hydrogens is 546 g/mol. The number of hydrogen-bond donors (Lipinski definition) is 5. The van der Waals surface area contributed by atoms with E-state index in [0.717, 1.165) is 53.4 Å². The van der Waals surface area contributed by atoms with Crippen molar-refractivity contribution < 1.29 is 24.2 Å². The highest BCUT2D eigenvalue weighted by molar-refractivity contribution is 6.07. The fraction of sp³-hybridized carbons (Fsp3) is 0.364. The molecule has 0 bridgehead atoms. The summed E-state index contributed by atoms with van der Waals surface area (Å²) in [6.07, 6.45) is 7.01. The highest BCUT2D eigenvalue weighted by atomic mass is 16.5. The van der Waals surface area contributed by atoms with Crippen LogP contribution in [0, 0.1) is 0 Å². The number of fused-ring (bicyclic) bond motifs is 3. The Kier molecular flexibility index (Phi) is 7.57. The van der Waals surface area contributed by atoms with Crippen LogP contribution in [0.1, 0.15) is 61.0 Å². The van der Waals surface area contributed by atoms with Crippen molar-refractivity contribution in [2.75, 3.05) is 18.5 Å². The molecule has 2 aromatic carbocycles. The number of aliphatic hydroxyl groups excluding tert-OH is 1. The van der Waals surface area contributed by atoms with Gasteiger partial charge in [-0.2, -0.15) is 0 Å². The molecular formula is C33H37N5O5. The van der Waals surface area contributed by atoms with E-state index in [1.54, 1.807) is 12.1 Å². The van der Waals surface area contributed by atoms with Crippen LogP contribution in [0.15, 0.2) is 60.9 Å². The molecule has 3 heterocycles. The first-order valence-corrected chi connectivity index (χ1v) is 14.7. The molecule has 2 aliphatic rings. The second-order valence-corrected chi connectivity index (χ2v) is 12.2. The van der Waals surface area contributed by atoms with E-state index in [1.165, 1.54) is 6.20 Å². The van der Waals surface area contributed by atoms with Crippen LogP contribution >= 0.6 is 0 Å². The molecule has 10 heteroatoms. The summed E-state index contributed by atoms with van der Waals surface area (Å²) in [5.74, 6) is 1.16. The van der Waals surface area contributed by atoms with Gasteiger partial charge >= 0.3 is 0 Å². The summed E-state index contributed by atoms with van der Waals surface area (Å²) in [7, 11) is 0. The molecule has 4 aromatic rings. The van der Waals surface area contributed by atoms with Crippen LogP contribution in [0.2, 0.25) is 0 Å². The number of benzene rings is 2. The number of nitrogens with two attached hydrogens (primary N) is 1. The first-order valence-electron chi connectivity index (χ1n) is 14.7. The van der Waals surface area contributed by atoms with E-state index in [9.17, 15) is 14.7 Å². The van der Waals surface area contributed by atoms with Gasteiger partial charge in [0.1, 0.15) is 18.5 Å². The molecule has 1 unspecified atom stereocenters. The SMILES string of the molecule is CC(C)(Cc1c[nH]c2c(Oc3ccc(C(N)=O)cn3)cccc12)NCC(O)COc1cccc2c1C1(CCCC1)C(=O)N2. The Morgan fingerprint density at radius 1 is 1.14 bits per heavy atom. The third-order valence-electron chi connectivity index (χ3n) is 8.52. The average molecular weight is 584 g/mol. The fourth-order valence-electron chi connectivity index (χ4n) is 6.35. The van der Waals surface area contributed by atoms with Crippen molar-refractivity contribution in [1.82, 2.24) is 15.3 Å². The zero-order valence-corrected chi connectivity index (χ0v) is 24.4. The van der Waals surface area contributed by atoms with Crippen molar-refractivity contribution in [3.63, 3.8) is 0 Å². The number of hydrogen-bond acceptors (Lipinski definition) is 7. The second kappa shape index (κ2) is 11.3. The molecule has 10 nitrogen and oxygen atoms in total. The first-order chi connectivity index (χ1) is 20.6. The summed E-state index contributed by atoms with van der Waals surface area (Å²) in [6.45, 7) is 4.64. The molecule has 0 radical (unpaired) electrons. The second-order valence-electron chi connectivity index (χ2n) is 12.2. The Balaban J connectivity index is 1.07. The Labute approximate surface area is 250 Å². The van der Waals surface area contributed by atoms with Crippen molar-refractivity contribution in [3.8, 4) is 17.4 Å². The minimum Gasteiger partial charge on any atom is -0.490 e. The first kappa shape index (κ1) is 28.7. The van der Waals surface area contributed by atoms with Gasteiger partial charge in [0.05, 0.1) is 16.5 Å². The number of primary amides is 1. The lowest BCUT2D eigenvalue weighted by molar-refractivity contribution is -0.120. The topological polar surface area (TPSA) is 152 Å². The number of anilines is 1. The lowest BCUT2D eigenvalue weighted by Gasteiger charge is -2.28. The molecule has 1 aliphatic heterocycles. The fourth-order valence-corrected chi connectivity index (χ4v) is 6.35. The number of rotatable bonds is 11. The minimum absolute atomic E-state index is 0.0616. The van der Waals surface area contributed by atoms with E-state index in [4.69, 9.17) is 15.2 Å². The highest BCUT2D eigenvalue weighted by Crippen LogP contribution is 2.52. The van der Waals surface area contributed by atoms with E-state index in [2.05, 4.69) is 34.4 Å². The predicted octanol–water partition coefficient (Wildman–Crippen LogP) is 4.57. The molecule has 43 heavy (non-hydrogen) atoms. The number of ether oxygens (including phenoxy) is 2. The smallest absolute Gasteiger partial charge is 0.250 e. The molecule has 6 N–H and O–H groups in total. The van der Waals surface area contributed by atoms with Gasteiger partial charge in [0.2, 0.25) is 17.7 Å². The summed E-state index contributed by atoms with van der Waals surface area (Å²) >= 11 is 0. The number of nitrogens with one attached hydrogen (secondary N) is 3. The van der Waals surface area contributed by atoms with Crippen molar-refractivity contribution in [1.29, 1.82) is 0 Å². The van der Waals surface area contributed by atoms with E-state index < -0.39 is 17.4 Å². The standard InChI is InChI=1S/C33H37N5O5/c1-32(2,15-21-17-36-29-23(21)7-5-10-26(29)43-27-12-11-20(16-35-27)30(34)40)37-18-22(39)19-42-25-9-6-8-24-28(25)33(31(41)38-24)13-3-4-14-33/h5-12,16-17,22,36-37,39H,3-4,13-15,18-19H2,1-2H3,(H2,34,40)(H,38,41). The molecule has 1 fully saturated rings. The van der Waals surface area contributed by atoms with Crippen LogP contribution in [0.4, 0.5) is 5.69 Å². The van der Waals surface area contributed by atoms with Gasteiger partial charge in [0.15, 0.2) is 5.75 Å². The van der Waals surface area contributed by atoms with Crippen LogP contribution < -0.4 is 25.8 Å². The van der Waals surface area contributed by atoms with E-state index >= 15 is 0 Å². The van der Waals surface area contributed by atoms with Crippen molar-refractivity contribution >= 4 is 28.4 Å². The van der Waals surface area contributed by atoms with Gasteiger partial charge in [0, 0.05) is 47.2 Å². The quantitative estimate of drug-likeness (QED) is 0.173. The molecule has 1 atom stereocenters. The lowest BCUT2D eigenvalue weighted by Crippen LogP contribution is -2.46. The normalized spacial score (nSPS) is 16.3. The summed E-state index contributed by atoms with van der Waals surface area (Å²) in [5.41, 5.74) is 8.47. The van der Waals surface area contributed by atoms with Crippen LogP contribution in [0.25, 0.3) is 10.9 Å². The summed E-state index contributed by atoms with van der Waals surface area (Å²) in [5, 5.41) is 18.4. The summed E-state index contributed by atoms with van der Waals surface area (Å²) in [6, 6.07) is 14.7. The van der Waals surface area contributed by atoms with Gasteiger partial charge in [-0.15, -0.1) is 0 Å². The van der Waals surface area contributed by atoms with Crippen LogP contribution in [-0.4, -0.2) is 51.7 Å². The third kappa shape index (κ3) is 5.68. The van der Waals surface area contributed by atoms with Gasteiger partial charge in [-0.3, -0.25) is 9.59 Å². The number of para-hydroxylation sites is 1. The number of carbonyl (C=O) groups excluding carboxylic acids is 2. The number of pyridine rings is 1. The monoisotopic (exact) mass is 583 g/mol. The van der Waals surface area contributed by atoms with Crippen LogP contribution in [0.5, 0.6) is 17.4 Å². The molecule has 0 saturated heterocycles. The van der Waals surface area contributed by atoms with Gasteiger partial charge < -0.3 is 35.9 Å². The molecule has 2 aromatic heterocycles. The molecule has 2 amide bonds. The average Bonchev–Trinajstić information content (AvgIpc) is 3.70. The Morgan fingerprint density at radius 3 is 2.65 bits per heavy atom. The molecule has 1 saturated carbocycles. The number of β-amino-alcohol motifs (C(OH)–C–C–N with tert-alkyl or cyclic N) is 1. The number of carbonyl (C=O) groups is 2. The van der Waals surface area contributed by atoms with Gasteiger partial charge in [-0.25, -0.2) is 4.98 Å². The highest BCUT2D eigenvalue weighted by Gasteiger charge is 2.50. The van der Waals surface area contributed by atoms with Crippen LogP contribution in [-0.2, 0) is 16.6 Å². The zero-order chi connectivity index (χ0) is 30.2.